The Balaban J connectivity index is 1.72. The van der Waals surface area contributed by atoms with Crippen molar-refractivity contribution in [3.63, 3.8) is 0 Å². The highest BCUT2D eigenvalue weighted by Gasteiger charge is 2.37. The minimum atomic E-state index is -0.0174. The van der Waals surface area contributed by atoms with Gasteiger partial charge in [0.25, 0.3) is 5.91 Å². The predicted octanol–water partition coefficient (Wildman–Crippen LogP) is 0.290. The highest BCUT2D eigenvalue weighted by molar-refractivity contribution is 6.39. The van der Waals surface area contributed by atoms with Crippen LogP contribution in [0.3, 0.4) is 0 Å². The minimum Gasteiger partial charge on any atom is -0.336 e. The van der Waals surface area contributed by atoms with E-state index in [0.717, 1.165) is 19.5 Å². The van der Waals surface area contributed by atoms with Crippen LogP contribution in [0.15, 0.2) is 5.10 Å². The number of likely N-dealkylation sites (N-methyl/N-ethyl adjacent to an activating group) is 1. The summed E-state index contributed by atoms with van der Waals surface area (Å²) in [6, 6.07) is 1.10. The summed E-state index contributed by atoms with van der Waals surface area (Å²) >= 11 is 0. The molecule has 2 bridgehead atoms. The summed E-state index contributed by atoms with van der Waals surface area (Å²) in [4.78, 5) is 28.4. The summed E-state index contributed by atoms with van der Waals surface area (Å²) < 4.78 is 0. The van der Waals surface area contributed by atoms with Crippen molar-refractivity contribution in [1.82, 2.24) is 14.8 Å². The Morgan fingerprint density at radius 3 is 2.65 bits per heavy atom. The zero-order valence-corrected chi connectivity index (χ0v) is 12.2. The van der Waals surface area contributed by atoms with Crippen LogP contribution in [-0.2, 0) is 9.59 Å². The van der Waals surface area contributed by atoms with Crippen LogP contribution < -0.4 is 0 Å². The molecule has 110 valence electrons. The molecule has 0 spiro atoms. The number of rotatable bonds is 1. The monoisotopic (exact) mass is 278 g/mol. The molecule has 3 aliphatic heterocycles. The Morgan fingerprint density at radius 1 is 1.15 bits per heavy atom. The molecule has 20 heavy (non-hydrogen) atoms. The van der Waals surface area contributed by atoms with E-state index >= 15 is 0 Å². The van der Waals surface area contributed by atoms with Gasteiger partial charge < -0.3 is 4.90 Å². The van der Waals surface area contributed by atoms with Crippen molar-refractivity contribution in [2.75, 3.05) is 27.2 Å². The van der Waals surface area contributed by atoms with E-state index in [1.807, 2.05) is 4.90 Å². The summed E-state index contributed by atoms with van der Waals surface area (Å²) in [7, 11) is 3.79. The van der Waals surface area contributed by atoms with E-state index in [4.69, 9.17) is 0 Å². The molecule has 0 aromatic carbocycles. The minimum absolute atomic E-state index is 0.0174. The standard InChI is InChI=1S/C14H22N4O2/c1-16-10-3-4-11(16)9-18(8-7-10)14(20)12-5-6-13(19)17(2)15-12/h10-11H,3-9H2,1-2H3. The van der Waals surface area contributed by atoms with Gasteiger partial charge in [0.2, 0.25) is 5.91 Å². The molecular formula is C14H22N4O2. The fourth-order valence-corrected chi connectivity index (χ4v) is 3.50. The highest BCUT2D eigenvalue weighted by Crippen LogP contribution is 2.28. The first-order chi connectivity index (χ1) is 9.56. The first kappa shape index (κ1) is 13.5. The zero-order chi connectivity index (χ0) is 14.3. The molecule has 2 saturated heterocycles. The van der Waals surface area contributed by atoms with Crippen LogP contribution in [0.5, 0.6) is 0 Å². The number of hydrogen-bond donors (Lipinski definition) is 0. The number of hydrazone groups is 1. The maximum Gasteiger partial charge on any atom is 0.270 e. The molecule has 0 aliphatic carbocycles. The number of likely N-dealkylation sites (tertiary alicyclic amines) is 1. The van der Waals surface area contributed by atoms with E-state index in [9.17, 15) is 9.59 Å². The molecule has 0 radical (unpaired) electrons. The topological polar surface area (TPSA) is 56.2 Å². The summed E-state index contributed by atoms with van der Waals surface area (Å²) in [5, 5.41) is 5.44. The molecule has 2 fully saturated rings. The van der Waals surface area contributed by atoms with Crippen molar-refractivity contribution in [3.05, 3.63) is 0 Å². The van der Waals surface area contributed by atoms with Gasteiger partial charge >= 0.3 is 0 Å². The Labute approximate surface area is 119 Å². The lowest BCUT2D eigenvalue weighted by atomic mass is 10.1. The lowest BCUT2D eigenvalue weighted by Gasteiger charge is -2.27. The van der Waals surface area contributed by atoms with Crippen LogP contribution in [-0.4, -0.2) is 71.6 Å². The molecule has 0 aromatic rings. The van der Waals surface area contributed by atoms with E-state index in [2.05, 4.69) is 17.0 Å². The third-order valence-corrected chi connectivity index (χ3v) is 4.89. The van der Waals surface area contributed by atoms with E-state index in [1.165, 1.54) is 17.9 Å². The van der Waals surface area contributed by atoms with Crippen LogP contribution in [0.25, 0.3) is 0 Å². The number of amides is 2. The lowest BCUT2D eigenvalue weighted by molar-refractivity contribution is -0.130. The first-order valence-corrected chi connectivity index (χ1v) is 7.41. The van der Waals surface area contributed by atoms with E-state index in [1.54, 1.807) is 7.05 Å². The van der Waals surface area contributed by atoms with Crippen LogP contribution in [0.4, 0.5) is 0 Å². The van der Waals surface area contributed by atoms with Gasteiger partial charge in [0, 0.05) is 45.1 Å². The smallest absolute Gasteiger partial charge is 0.270 e. The van der Waals surface area contributed by atoms with Gasteiger partial charge in [0.15, 0.2) is 0 Å². The average molecular weight is 278 g/mol. The lowest BCUT2D eigenvalue weighted by Crippen LogP contribution is -2.44. The molecule has 3 rings (SSSR count). The first-order valence-electron chi connectivity index (χ1n) is 7.41. The van der Waals surface area contributed by atoms with E-state index in [0.29, 0.717) is 30.6 Å². The van der Waals surface area contributed by atoms with Crippen LogP contribution in [0.2, 0.25) is 0 Å². The molecule has 3 heterocycles. The Hall–Kier alpha value is -1.43. The van der Waals surface area contributed by atoms with Gasteiger partial charge in [0.1, 0.15) is 5.71 Å². The van der Waals surface area contributed by atoms with Crippen molar-refractivity contribution in [3.8, 4) is 0 Å². The number of fused-ring (bicyclic) bond motifs is 2. The number of hydrogen-bond acceptors (Lipinski definition) is 4. The van der Waals surface area contributed by atoms with Crippen molar-refractivity contribution >= 4 is 17.5 Å². The molecule has 3 aliphatic rings. The molecule has 0 N–H and O–H groups in total. The number of nitrogens with zero attached hydrogens (tertiary/aromatic N) is 4. The Kier molecular flexibility index (Phi) is 3.50. The predicted molar refractivity (Wildman–Crippen MR) is 75.2 cm³/mol. The number of carbonyl (C=O) groups excluding carboxylic acids is 2. The van der Waals surface area contributed by atoms with Crippen LogP contribution >= 0.6 is 0 Å². The summed E-state index contributed by atoms with van der Waals surface area (Å²) in [5.41, 5.74) is 0.535. The summed E-state index contributed by atoms with van der Waals surface area (Å²) in [6.07, 6.45) is 4.33. The molecule has 6 nitrogen and oxygen atoms in total. The molecule has 2 atom stereocenters. The van der Waals surface area contributed by atoms with Crippen molar-refractivity contribution in [1.29, 1.82) is 0 Å². The molecule has 2 amide bonds. The van der Waals surface area contributed by atoms with Gasteiger partial charge in [-0.25, -0.2) is 5.01 Å². The van der Waals surface area contributed by atoms with Gasteiger partial charge in [-0.3, -0.25) is 14.5 Å². The van der Waals surface area contributed by atoms with E-state index < -0.39 is 0 Å². The highest BCUT2D eigenvalue weighted by atomic mass is 16.2. The van der Waals surface area contributed by atoms with Gasteiger partial charge in [-0.1, -0.05) is 0 Å². The molecule has 0 saturated carbocycles. The van der Waals surface area contributed by atoms with Crippen LogP contribution in [0.1, 0.15) is 32.1 Å². The van der Waals surface area contributed by atoms with Crippen molar-refractivity contribution < 1.29 is 9.59 Å². The van der Waals surface area contributed by atoms with Crippen molar-refractivity contribution in [2.24, 2.45) is 5.10 Å². The summed E-state index contributed by atoms with van der Waals surface area (Å²) in [5.74, 6) is 0.00140. The second kappa shape index (κ2) is 5.16. The molecule has 6 heteroatoms. The largest absolute Gasteiger partial charge is 0.336 e. The fraction of sp³-hybridized carbons (Fsp3) is 0.786. The molecule has 2 unspecified atom stereocenters. The maximum atomic E-state index is 12.6. The van der Waals surface area contributed by atoms with Gasteiger partial charge in [-0.05, 0) is 26.3 Å². The second-order valence-corrected chi connectivity index (χ2v) is 6.05. The van der Waals surface area contributed by atoms with Crippen molar-refractivity contribution in [2.45, 2.75) is 44.2 Å². The van der Waals surface area contributed by atoms with Gasteiger partial charge in [0.05, 0.1) is 0 Å². The quantitative estimate of drug-likeness (QED) is 0.693. The third kappa shape index (κ3) is 2.32. The third-order valence-electron chi connectivity index (χ3n) is 4.89. The SMILES string of the molecule is CN1N=C(C(=O)N2CCC3CCC(C2)N3C)CCC1=O. The Morgan fingerprint density at radius 2 is 1.90 bits per heavy atom. The van der Waals surface area contributed by atoms with E-state index in [-0.39, 0.29) is 11.8 Å². The van der Waals surface area contributed by atoms with Crippen LogP contribution in [0, 0.1) is 0 Å². The second-order valence-electron chi connectivity index (χ2n) is 6.05. The fourth-order valence-electron chi connectivity index (χ4n) is 3.50. The zero-order valence-electron chi connectivity index (χ0n) is 12.2. The summed E-state index contributed by atoms with van der Waals surface area (Å²) in [6.45, 7) is 1.60. The Bertz CT molecular complexity index is 462. The average Bonchev–Trinajstić information content (AvgIpc) is 2.66. The maximum absolute atomic E-state index is 12.6. The van der Waals surface area contributed by atoms with Gasteiger partial charge in [-0.15, -0.1) is 0 Å². The number of carbonyl (C=O) groups is 2. The molecule has 0 aromatic heterocycles. The normalized spacial score (nSPS) is 31.3. The van der Waals surface area contributed by atoms with Gasteiger partial charge in [-0.2, -0.15) is 5.10 Å². The molecular weight excluding hydrogens is 256 g/mol.